The lowest BCUT2D eigenvalue weighted by Gasteiger charge is -2.10. The molecule has 0 spiro atoms. The molecule has 4 nitrogen and oxygen atoms in total. The van der Waals surface area contributed by atoms with Crippen LogP contribution in [-0.2, 0) is 4.74 Å². The van der Waals surface area contributed by atoms with Crippen molar-refractivity contribution in [1.29, 1.82) is 0 Å². The first kappa shape index (κ1) is 12.1. The average Bonchev–Trinajstić information content (AvgIpc) is 2.27. The van der Waals surface area contributed by atoms with Crippen LogP contribution >= 0.6 is 0 Å². The van der Waals surface area contributed by atoms with Crippen molar-refractivity contribution >= 4 is 11.8 Å². The smallest absolute Gasteiger partial charge is 0.412 e. The van der Waals surface area contributed by atoms with Crippen LogP contribution in [0.1, 0.15) is 5.56 Å². The summed E-state index contributed by atoms with van der Waals surface area (Å²) in [5.41, 5.74) is 1.62. The van der Waals surface area contributed by atoms with Crippen molar-refractivity contribution in [2.45, 2.75) is 6.92 Å². The SMILES string of the molecule is C=CCOC(=O)Nc1cc(C)ccc1OC. The van der Waals surface area contributed by atoms with Crippen LogP contribution in [0, 0.1) is 6.92 Å². The van der Waals surface area contributed by atoms with E-state index in [-0.39, 0.29) is 6.61 Å². The van der Waals surface area contributed by atoms with Crippen LogP contribution in [0.15, 0.2) is 30.9 Å². The van der Waals surface area contributed by atoms with E-state index < -0.39 is 6.09 Å². The van der Waals surface area contributed by atoms with Crippen molar-refractivity contribution in [3.8, 4) is 5.75 Å². The lowest BCUT2D eigenvalue weighted by molar-refractivity contribution is 0.174. The lowest BCUT2D eigenvalue weighted by atomic mass is 10.2. The molecule has 1 N–H and O–H groups in total. The predicted molar refractivity (Wildman–Crippen MR) is 62.9 cm³/mol. The van der Waals surface area contributed by atoms with Crippen molar-refractivity contribution in [3.63, 3.8) is 0 Å². The Morgan fingerprint density at radius 2 is 2.31 bits per heavy atom. The largest absolute Gasteiger partial charge is 0.495 e. The van der Waals surface area contributed by atoms with Crippen molar-refractivity contribution in [2.24, 2.45) is 0 Å². The van der Waals surface area contributed by atoms with Crippen molar-refractivity contribution < 1.29 is 14.3 Å². The number of aryl methyl sites for hydroxylation is 1. The van der Waals surface area contributed by atoms with Gasteiger partial charge in [-0.05, 0) is 24.6 Å². The van der Waals surface area contributed by atoms with Gasteiger partial charge in [0.25, 0.3) is 0 Å². The molecule has 1 aromatic rings. The highest BCUT2D eigenvalue weighted by Gasteiger charge is 2.07. The van der Waals surface area contributed by atoms with Crippen LogP contribution in [0.5, 0.6) is 5.75 Å². The molecule has 0 saturated carbocycles. The molecule has 0 aliphatic rings. The molecular formula is C12H15NO3. The van der Waals surface area contributed by atoms with E-state index in [0.717, 1.165) is 5.56 Å². The molecule has 1 aromatic carbocycles. The second-order valence-corrected chi connectivity index (χ2v) is 3.22. The Kier molecular flexibility index (Phi) is 4.39. The molecule has 0 atom stereocenters. The monoisotopic (exact) mass is 221 g/mol. The molecule has 4 heteroatoms. The van der Waals surface area contributed by atoms with Crippen molar-refractivity contribution in [2.75, 3.05) is 19.0 Å². The van der Waals surface area contributed by atoms with Gasteiger partial charge in [0.1, 0.15) is 12.4 Å². The summed E-state index contributed by atoms with van der Waals surface area (Å²) in [6, 6.07) is 5.51. The quantitative estimate of drug-likeness (QED) is 0.795. The third kappa shape index (κ3) is 3.31. The number of carbonyl (C=O) groups excluding carboxylic acids is 1. The Labute approximate surface area is 94.9 Å². The van der Waals surface area contributed by atoms with Crippen molar-refractivity contribution in [3.05, 3.63) is 36.4 Å². The summed E-state index contributed by atoms with van der Waals surface area (Å²) in [4.78, 5) is 11.3. The highest BCUT2D eigenvalue weighted by molar-refractivity contribution is 5.86. The minimum absolute atomic E-state index is 0.181. The number of nitrogens with one attached hydrogen (secondary N) is 1. The summed E-state index contributed by atoms with van der Waals surface area (Å²) in [6.07, 6.45) is 0.983. The summed E-state index contributed by atoms with van der Waals surface area (Å²) in [7, 11) is 1.55. The normalized spacial score (nSPS) is 9.38. The maximum absolute atomic E-state index is 11.3. The van der Waals surface area contributed by atoms with Gasteiger partial charge in [-0.1, -0.05) is 18.7 Å². The van der Waals surface area contributed by atoms with Crippen LogP contribution in [0.2, 0.25) is 0 Å². The molecule has 1 rings (SSSR count). The molecule has 0 saturated heterocycles. The number of carbonyl (C=O) groups is 1. The molecule has 0 heterocycles. The third-order valence-electron chi connectivity index (χ3n) is 1.92. The lowest BCUT2D eigenvalue weighted by Crippen LogP contribution is -2.14. The Morgan fingerprint density at radius 1 is 1.56 bits per heavy atom. The van der Waals surface area contributed by atoms with Gasteiger partial charge < -0.3 is 9.47 Å². The zero-order valence-electron chi connectivity index (χ0n) is 9.45. The van der Waals surface area contributed by atoms with E-state index in [9.17, 15) is 4.79 Å². The fourth-order valence-corrected chi connectivity index (χ4v) is 1.20. The average molecular weight is 221 g/mol. The molecular weight excluding hydrogens is 206 g/mol. The van der Waals surface area contributed by atoms with Gasteiger partial charge in [0, 0.05) is 0 Å². The Balaban J connectivity index is 2.74. The van der Waals surface area contributed by atoms with E-state index in [1.165, 1.54) is 6.08 Å². The molecule has 86 valence electrons. The Hall–Kier alpha value is -1.97. The molecule has 1 amide bonds. The maximum Gasteiger partial charge on any atom is 0.412 e. The first-order valence-corrected chi connectivity index (χ1v) is 4.86. The van der Waals surface area contributed by atoms with Gasteiger partial charge in [-0.15, -0.1) is 0 Å². The van der Waals surface area contributed by atoms with Gasteiger partial charge in [-0.3, -0.25) is 5.32 Å². The number of benzene rings is 1. The minimum atomic E-state index is -0.524. The fraction of sp³-hybridized carbons (Fsp3) is 0.250. The van der Waals surface area contributed by atoms with Gasteiger partial charge in [-0.25, -0.2) is 4.79 Å². The summed E-state index contributed by atoms with van der Waals surface area (Å²) >= 11 is 0. The van der Waals surface area contributed by atoms with E-state index in [1.807, 2.05) is 19.1 Å². The topological polar surface area (TPSA) is 47.6 Å². The van der Waals surface area contributed by atoms with E-state index >= 15 is 0 Å². The van der Waals surface area contributed by atoms with Crippen LogP contribution in [0.25, 0.3) is 0 Å². The predicted octanol–water partition coefficient (Wildman–Crippen LogP) is 2.74. The van der Waals surface area contributed by atoms with Crippen LogP contribution in [0.3, 0.4) is 0 Å². The molecule has 0 radical (unpaired) electrons. The zero-order valence-corrected chi connectivity index (χ0v) is 9.45. The van der Waals surface area contributed by atoms with E-state index in [4.69, 9.17) is 9.47 Å². The van der Waals surface area contributed by atoms with Crippen LogP contribution in [0.4, 0.5) is 10.5 Å². The standard InChI is InChI=1S/C12H15NO3/c1-4-7-16-12(14)13-10-8-9(2)5-6-11(10)15-3/h4-6,8H,1,7H2,2-3H3,(H,13,14). The number of hydrogen-bond donors (Lipinski definition) is 1. The summed E-state index contributed by atoms with van der Waals surface area (Å²) in [5, 5.41) is 2.60. The van der Waals surface area contributed by atoms with Gasteiger partial charge in [0.2, 0.25) is 0 Å². The van der Waals surface area contributed by atoms with Gasteiger partial charge in [0.15, 0.2) is 0 Å². The Bertz CT molecular complexity index is 388. The van der Waals surface area contributed by atoms with Gasteiger partial charge in [0.05, 0.1) is 12.8 Å². The molecule has 0 aromatic heterocycles. The molecule has 0 aliphatic carbocycles. The second kappa shape index (κ2) is 5.80. The maximum atomic E-state index is 11.3. The van der Waals surface area contributed by atoms with Gasteiger partial charge >= 0.3 is 6.09 Å². The number of anilines is 1. The second-order valence-electron chi connectivity index (χ2n) is 3.22. The fourth-order valence-electron chi connectivity index (χ4n) is 1.20. The van der Waals surface area contributed by atoms with Crippen LogP contribution < -0.4 is 10.1 Å². The number of ether oxygens (including phenoxy) is 2. The summed E-state index contributed by atoms with van der Waals surface area (Å²) in [5.74, 6) is 0.598. The molecule has 0 bridgehead atoms. The minimum Gasteiger partial charge on any atom is -0.495 e. The summed E-state index contributed by atoms with van der Waals surface area (Å²) < 4.78 is 9.93. The molecule has 0 aliphatic heterocycles. The highest BCUT2D eigenvalue weighted by Crippen LogP contribution is 2.25. The number of hydrogen-bond acceptors (Lipinski definition) is 3. The Morgan fingerprint density at radius 3 is 2.94 bits per heavy atom. The first-order chi connectivity index (χ1) is 7.67. The molecule has 16 heavy (non-hydrogen) atoms. The van der Waals surface area contributed by atoms with Crippen LogP contribution in [-0.4, -0.2) is 19.8 Å². The van der Waals surface area contributed by atoms with Crippen molar-refractivity contribution in [1.82, 2.24) is 0 Å². The molecule has 0 unspecified atom stereocenters. The van der Waals surface area contributed by atoms with E-state index in [0.29, 0.717) is 11.4 Å². The molecule has 0 fully saturated rings. The highest BCUT2D eigenvalue weighted by atomic mass is 16.5. The number of methoxy groups -OCH3 is 1. The third-order valence-corrected chi connectivity index (χ3v) is 1.92. The number of rotatable bonds is 4. The number of amides is 1. The summed E-state index contributed by atoms with van der Waals surface area (Å²) in [6.45, 7) is 5.57. The van der Waals surface area contributed by atoms with E-state index in [2.05, 4.69) is 11.9 Å². The van der Waals surface area contributed by atoms with E-state index in [1.54, 1.807) is 13.2 Å². The van der Waals surface area contributed by atoms with Gasteiger partial charge in [-0.2, -0.15) is 0 Å². The zero-order chi connectivity index (χ0) is 12.0. The first-order valence-electron chi connectivity index (χ1n) is 4.86.